The van der Waals surface area contributed by atoms with E-state index in [4.69, 9.17) is 0 Å². The van der Waals surface area contributed by atoms with Gasteiger partial charge < -0.3 is 14.6 Å². The molecule has 2 aromatic carbocycles. The summed E-state index contributed by atoms with van der Waals surface area (Å²) in [6.45, 7) is 0. The largest absolute Gasteiger partial charge is 0.507 e. The molecule has 0 fully saturated rings. The number of phenolic OH excluding ortho intramolecular Hbond substituents is 1. The van der Waals surface area contributed by atoms with Gasteiger partial charge in [0.15, 0.2) is 0 Å². The number of aryl methyl sites for hydroxylation is 1. The summed E-state index contributed by atoms with van der Waals surface area (Å²) in [4.78, 5) is 22.2. The Morgan fingerprint density at radius 3 is 2.57 bits per heavy atom. The van der Waals surface area contributed by atoms with Crippen molar-refractivity contribution in [1.29, 1.82) is 0 Å². The van der Waals surface area contributed by atoms with Gasteiger partial charge in [0, 0.05) is 12.3 Å². The van der Waals surface area contributed by atoms with Crippen LogP contribution in [0.15, 0.2) is 30.3 Å². The molecule has 0 amide bonds. The Morgan fingerprint density at radius 1 is 1.09 bits per heavy atom. The van der Waals surface area contributed by atoms with Crippen LogP contribution in [0.3, 0.4) is 0 Å². The van der Waals surface area contributed by atoms with Crippen LogP contribution < -0.4 is 0 Å². The van der Waals surface area contributed by atoms with E-state index in [2.05, 4.69) is 21.3 Å². The van der Waals surface area contributed by atoms with Crippen LogP contribution in [0.1, 0.15) is 17.5 Å². The molecule has 0 bridgehead atoms. The second-order valence-corrected chi connectivity index (χ2v) is 4.87. The lowest BCUT2D eigenvalue weighted by Crippen LogP contribution is -2.01. The van der Waals surface area contributed by atoms with Gasteiger partial charge in [0.1, 0.15) is 5.75 Å². The lowest BCUT2D eigenvalue weighted by atomic mass is 10.0. The van der Waals surface area contributed by atoms with Gasteiger partial charge in [0.25, 0.3) is 0 Å². The first-order valence-electron chi connectivity index (χ1n) is 6.96. The Bertz CT molecular complexity index is 811. The van der Waals surface area contributed by atoms with E-state index in [1.165, 1.54) is 14.2 Å². The molecule has 0 radical (unpaired) electrons. The van der Waals surface area contributed by atoms with Crippen LogP contribution in [0, 0.1) is 11.8 Å². The van der Waals surface area contributed by atoms with E-state index in [1.54, 1.807) is 12.1 Å². The number of rotatable bonds is 3. The average Bonchev–Trinajstić information content (AvgIpc) is 2.57. The first-order chi connectivity index (χ1) is 11.0. The van der Waals surface area contributed by atoms with E-state index >= 15 is 0 Å². The second-order valence-electron chi connectivity index (χ2n) is 4.87. The first-order valence-corrected chi connectivity index (χ1v) is 6.96. The molecule has 0 aliphatic heterocycles. The van der Waals surface area contributed by atoms with Crippen LogP contribution in [0.5, 0.6) is 5.75 Å². The van der Waals surface area contributed by atoms with Gasteiger partial charge in [0.2, 0.25) is 0 Å². The summed E-state index contributed by atoms with van der Waals surface area (Å²) in [6, 6.07) is 8.96. The number of benzene rings is 2. The maximum atomic E-state index is 11.2. The van der Waals surface area contributed by atoms with Gasteiger partial charge in [-0.25, -0.2) is 4.79 Å². The Balaban J connectivity index is 2.29. The van der Waals surface area contributed by atoms with Crippen molar-refractivity contribution in [3.05, 3.63) is 41.5 Å². The molecule has 0 heterocycles. The molecule has 0 saturated heterocycles. The van der Waals surface area contributed by atoms with Gasteiger partial charge in [-0.1, -0.05) is 24.1 Å². The molecule has 5 nitrogen and oxygen atoms in total. The number of fused-ring (bicyclic) bond motifs is 1. The number of carbonyl (C=O) groups excluding carboxylic acids is 2. The molecule has 0 aliphatic rings. The standard InChI is InChI=1S/C18H16O5/c1-22-17(20)7-4-12-3-5-13-10-14(6-8-18(21)23-2)16(19)11-15(13)9-12/h3,5,9-11,19H,4,7H2,1-2H3. The molecule has 23 heavy (non-hydrogen) atoms. The molecule has 0 unspecified atom stereocenters. The summed E-state index contributed by atoms with van der Waals surface area (Å²) < 4.78 is 9.06. The van der Waals surface area contributed by atoms with Crippen molar-refractivity contribution in [1.82, 2.24) is 0 Å². The molecule has 0 atom stereocenters. The van der Waals surface area contributed by atoms with Crippen molar-refractivity contribution in [2.24, 2.45) is 0 Å². The maximum Gasteiger partial charge on any atom is 0.384 e. The third-order valence-electron chi connectivity index (χ3n) is 3.35. The highest BCUT2D eigenvalue weighted by Gasteiger charge is 2.06. The summed E-state index contributed by atoms with van der Waals surface area (Å²) in [6.07, 6.45) is 0.865. The zero-order chi connectivity index (χ0) is 16.8. The molecular weight excluding hydrogens is 296 g/mol. The van der Waals surface area contributed by atoms with Gasteiger partial charge in [-0.05, 0) is 34.9 Å². The van der Waals surface area contributed by atoms with Crippen LogP contribution in [0.2, 0.25) is 0 Å². The fraction of sp³-hybridized carbons (Fsp3) is 0.222. The molecule has 5 heteroatoms. The van der Waals surface area contributed by atoms with E-state index < -0.39 is 5.97 Å². The molecule has 2 aromatic rings. The van der Waals surface area contributed by atoms with Crippen LogP contribution in [-0.4, -0.2) is 31.3 Å². The molecule has 2 rings (SSSR count). The fourth-order valence-electron chi connectivity index (χ4n) is 2.11. The molecule has 0 aliphatic carbocycles. The lowest BCUT2D eigenvalue weighted by Gasteiger charge is -2.05. The molecule has 0 spiro atoms. The highest BCUT2D eigenvalue weighted by Crippen LogP contribution is 2.25. The number of phenols is 1. The van der Waals surface area contributed by atoms with Crippen molar-refractivity contribution in [2.75, 3.05) is 14.2 Å². The minimum Gasteiger partial charge on any atom is -0.507 e. The van der Waals surface area contributed by atoms with Crippen LogP contribution in [0.25, 0.3) is 10.8 Å². The Labute approximate surface area is 133 Å². The summed E-state index contributed by atoms with van der Waals surface area (Å²) in [5, 5.41) is 11.7. The van der Waals surface area contributed by atoms with Gasteiger partial charge in [-0.15, -0.1) is 0 Å². The SMILES string of the molecule is COC(=O)C#Cc1cc2ccc(CCC(=O)OC)cc2cc1O. The predicted molar refractivity (Wildman–Crippen MR) is 84.8 cm³/mol. The molecular formula is C18H16O5. The van der Waals surface area contributed by atoms with E-state index in [-0.39, 0.29) is 11.7 Å². The normalized spacial score (nSPS) is 9.83. The van der Waals surface area contributed by atoms with Crippen molar-refractivity contribution < 1.29 is 24.2 Å². The number of aromatic hydroxyl groups is 1. The minimum absolute atomic E-state index is 0.0148. The number of hydrogen-bond donors (Lipinski definition) is 1. The van der Waals surface area contributed by atoms with Crippen molar-refractivity contribution in [2.45, 2.75) is 12.8 Å². The third-order valence-corrected chi connectivity index (χ3v) is 3.35. The third kappa shape index (κ3) is 4.24. The maximum absolute atomic E-state index is 11.2. The van der Waals surface area contributed by atoms with Crippen molar-refractivity contribution in [3.8, 4) is 17.6 Å². The number of ether oxygens (including phenoxy) is 2. The van der Waals surface area contributed by atoms with Crippen LogP contribution in [-0.2, 0) is 25.5 Å². The van der Waals surface area contributed by atoms with E-state index in [0.29, 0.717) is 18.4 Å². The highest BCUT2D eigenvalue weighted by molar-refractivity contribution is 5.91. The van der Waals surface area contributed by atoms with Crippen molar-refractivity contribution >= 4 is 22.7 Å². The topological polar surface area (TPSA) is 72.8 Å². The molecule has 0 saturated carbocycles. The van der Waals surface area contributed by atoms with E-state index in [0.717, 1.165) is 16.3 Å². The molecule has 1 N–H and O–H groups in total. The Kier molecular flexibility index (Phi) is 5.21. The van der Waals surface area contributed by atoms with Crippen molar-refractivity contribution in [3.63, 3.8) is 0 Å². The number of methoxy groups -OCH3 is 2. The average molecular weight is 312 g/mol. The summed E-state index contributed by atoms with van der Waals surface area (Å²) >= 11 is 0. The number of hydrogen-bond acceptors (Lipinski definition) is 5. The smallest absolute Gasteiger partial charge is 0.384 e. The van der Waals surface area contributed by atoms with Gasteiger partial charge >= 0.3 is 11.9 Å². The predicted octanol–water partition coefficient (Wildman–Crippen LogP) is 2.18. The van der Waals surface area contributed by atoms with E-state index in [1.807, 2.05) is 18.2 Å². The quantitative estimate of drug-likeness (QED) is 0.694. The lowest BCUT2D eigenvalue weighted by molar-refractivity contribution is -0.140. The van der Waals surface area contributed by atoms with Crippen LogP contribution in [0.4, 0.5) is 0 Å². The number of esters is 2. The minimum atomic E-state index is -0.664. The molecule has 0 aromatic heterocycles. The zero-order valence-corrected chi connectivity index (χ0v) is 12.9. The van der Waals surface area contributed by atoms with Gasteiger partial charge in [0.05, 0.1) is 19.8 Å². The first kappa shape index (κ1) is 16.4. The van der Waals surface area contributed by atoms with Gasteiger partial charge in [-0.2, -0.15) is 0 Å². The fourth-order valence-corrected chi connectivity index (χ4v) is 2.11. The Hall–Kier alpha value is -3.00. The van der Waals surface area contributed by atoms with E-state index in [9.17, 15) is 14.7 Å². The summed E-state index contributed by atoms with van der Waals surface area (Å²) in [7, 11) is 2.60. The number of carbonyl (C=O) groups is 2. The van der Waals surface area contributed by atoms with Crippen LogP contribution >= 0.6 is 0 Å². The summed E-state index contributed by atoms with van der Waals surface area (Å²) in [5.41, 5.74) is 1.32. The monoisotopic (exact) mass is 312 g/mol. The summed E-state index contributed by atoms with van der Waals surface area (Å²) in [5.74, 6) is 3.92. The second kappa shape index (κ2) is 7.32. The zero-order valence-electron chi connectivity index (χ0n) is 12.9. The molecule has 118 valence electrons. The Morgan fingerprint density at radius 2 is 1.87 bits per heavy atom. The van der Waals surface area contributed by atoms with Gasteiger partial charge in [-0.3, -0.25) is 4.79 Å². The highest BCUT2D eigenvalue weighted by atomic mass is 16.5.